The van der Waals surface area contributed by atoms with Crippen molar-refractivity contribution in [2.24, 2.45) is 0 Å². The lowest BCUT2D eigenvalue weighted by Gasteiger charge is -2.11. The third kappa shape index (κ3) is 4.20. The quantitative estimate of drug-likeness (QED) is 0.420. The van der Waals surface area contributed by atoms with Crippen LogP contribution >= 0.6 is 22.9 Å². The third-order valence-corrected chi connectivity index (χ3v) is 5.76. The molecule has 0 saturated carbocycles. The van der Waals surface area contributed by atoms with Crippen molar-refractivity contribution in [2.75, 3.05) is 17.4 Å². The van der Waals surface area contributed by atoms with Crippen molar-refractivity contribution in [3.05, 3.63) is 77.1 Å². The average Bonchev–Trinajstić information content (AvgIpc) is 3.48. The van der Waals surface area contributed by atoms with E-state index in [0.29, 0.717) is 45.6 Å². The fourth-order valence-electron chi connectivity index (χ4n) is 3.25. The number of pyridine rings is 1. The molecule has 1 amide bonds. The number of nitrogens with zero attached hydrogens (tertiary/aromatic N) is 3. The van der Waals surface area contributed by atoms with Crippen LogP contribution in [0, 0.1) is 0 Å². The number of ether oxygens (including phenoxy) is 2. The Morgan fingerprint density at radius 3 is 2.91 bits per heavy atom. The van der Waals surface area contributed by atoms with Crippen molar-refractivity contribution >= 4 is 39.7 Å². The molecule has 0 unspecified atom stereocenters. The maximum Gasteiger partial charge on any atom is 0.296 e. The monoisotopic (exact) mass is 465 g/mol. The van der Waals surface area contributed by atoms with E-state index in [4.69, 9.17) is 21.1 Å². The number of rotatable bonds is 6. The Morgan fingerprint density at radius 2 is 2.03 bits per heavy atom. The molecule has 2 N–H and O–H groups in total. The standard InChI is InChI=1S/C22H16ClN5O3S/c23-14-6-4-13(5-7-14)11-30-22-28-27-21(32-22)26-20(29)16-8-9-24-10-17(16)15-2-1-3-18-19(15)31-12-25-18/h1-10,25H,11-12H2,(H,26,27,29). The molecule has 4 aromatic rings. The van der Waals surface area contributed by atoms with E-state index in [1.807, 2.05) is 30.3 Å². The van der Waals surface area contributed by atoms with E-state index in [0.717, 1.165) is 28.2 Å². The second-order valence-electron chi connectivity index (χ2n) is 6.81. The number of aromatic nitrogens is 3. The van der Waals surface area contributed by atoms with Crippen molar-refractivity contribution in [2.45, 2.75) is 6.61 Å². The van der Waals surface area contributed by atoms with Gasteiger partial charge in [0.05, 0.1) is 11.3 Å². The lowest BCUT2D eigenvalue weighted by atomic mass is 10.00. The summed E-state index contributed by atoms with van der Waals surface area (Å²) in [6.07, 6.45) is 3.22. The second kappa shape index (κ2) is 8.81. The maximum absolute atomic E-state index is 13.0. The Morgan fingerprint density at radius 1 is 1.16 bits per heavy atom. The zero-order valence-electron chi connectivity index (χ0n) is 16.5. The van der Waals surface area contributed by atoms with Crippen molar-refractivity contribution < 1.29 is 14.3 Å². The summed E-state index contributed by atoms with van der Waals surface area (Å²) < 4.78 is 11.4. The van der Waals surface area contributed by atoms with Crippen LogP contribution in [0.25, 0.3) is 11.1 Å². The molecule has 1 aliphatic rings. The summed E-state index contributed by atoms with van der Waals surface area (Å²) in [6.45, 7) is 0.707. The maximum atomic E-state index is 13.0. The van der Waals surface area contributed by atoms with Gasteiger partial charge in [0.25, 0.3) is 11.1 Å². The zero-order chi connectivity index (χ0) is 21.9. The van der Waals surface area contributed by atoms with Gasteiger partial charge in [0.1, 0.15) is 6.61 Å². The summed E-state index contributed by atoms with van der Waals surface area (Å²) in [5.74, 6) is 0.370. The molecule has 32 heavy (non-hydrogen) atoms. The summed E-state index contributed by atoms with van der Waals surface area (Å²) in [5.41, 5.74) is 3.72. The Balaban J connectivity index is 1.31. The molecule has 2 aromatic heterocycles. The van der Waals surface area contributed by atoms with Crippen LogP contribution in [0.4, 0.5) is 10.8 Å². The number of halogens is 1. The molecule has 1 aliphatic heterocycles. The smallest absolute Gasteiger partial charge is 0.296 e. The molecule has 2 aromatic carbocycles. The van der Waals surface area contributed by atoms with Gasteiger partial charge in [-0.05, 0) is 41.2 Å². The van der Waals surface area contributed by atoms with Crippen molar-refractivity contribution in [3.8, 4) is 22.1 Å². The van der Waals surface area contributed by atoms with Gasteiger partial charge in [-0.3, -0.25) is 15.1 Å². The van der Waals surface area contributed by atoms with Gasteiger partial charge in [-0.2, -0.15) is 0 Å². The minimum absolute atomic E-state index is 0.321. The Kier molecular flexibility index (Phi) is 5.57. The molecule has 5 rings (SSSR count). The van der Waals surface area contributed by atoms with Crippen molar-refractivity contribution in [1.82, 2.24) is 15.2 Å². The van der Waals surface area contributed by atoms with Crippen LogP contribution in [-0.4, -0.2) is 27.8 Å². The molecule has 0 bridgehead atoms. The molecule has 0 spiro atoms. The van der Waals surface area contributed by atoms with E-state index in [1.165, 1.54) is 0 Å². The molecule has 3 heterocycles. The van der Waals surface area contributed by atoms with E-state index in [9.17, 15) is 4.79 Å². The average molecular weight is 466 g/mol. The van der Waals surface area contributed by atoms with E-state index >= 15 is 0 Å². The first kappa shape index (κ1) is 20.2. The van der Waals surface area contributed by atoms with Crippen LogP contribution in [0.3, 0.4) is 0 Å². The topological polar surface area (TPSA) is 98.3 Å². The number of benzene rings is 2. The molecule has 8 nitrogen and oxygen atoms in total. The fourth-order valence-corrected chi connectivity index (χ4v) is 3.96. The molecule has 0 atom stereocenters. The first-order valence-corrected chi connectivity index (χ1v) is 10.8. The first-order chi connectivity index (χ1) is 15.7. The number of hydrogen-bond donors (Lipinski definition) is 2. The minimum atomic E-state index is -0.327. The predicted molar refractivity (Wildman–Crippen MR) is 122 cm³/mol. The highest BCUT2D eigenvalue weighted by Gasteiger charge is 2.21. The van der Waals surface area contributed by atoms with Crippen LogP contribution in [0.15, 0.2) is 60.9 Å². The number of carbonyl (C=O) groups excluding carboxylic acids is 1. The van der Waals surface area contributed by atoms with Gasteiger partial charge in [0.15, 0.2) is 12.5 Å². The summed E-state index contributed by atoms with van der Waals surface area (Å²) in [6, 6.07) is 14.7. The van der Waals surface area contributed by atoms with Gasteiger partial charge in [0, 0.05) is 28.5 Å². The summed E-state index contributed by atoms with van der Waals surface area (Å²) in [5, 5.41) is 15.3. The number of carbonyl (C=O) groups is 1. The molecule has 10 heteroatoms. The van der Waals surface area contributed by atoms with Gasteiger partial charge < -0.3 is 14.8 Å². The number of nitrogens with one attached hydrogen (secondary N) is 2. The molecule has 0 aliphatic carbocycles. The molecule has 0 radical (unpaired) electrons. The zero-order valence-corrected chi connectivity index (χ0v) is 18.1. The molecule has 0 fully saturated rings. The number of amides is 1. The number of fused-ring (bicyclic) bond motifs is 1. The fraction of sp³-hybridized carbons (Fsp3) is 0.0909. The van der Waals surface area contributed by atoms with Crippen molar-refractivity contribution in [3.63, 3.8) is 0 Å². The number of anilines is 2. The first-order valence-electron chi connectivity index (χ1n) is 9.63. The van der Waals surface area contributed by atoms with E-state index in [-0.39, 0.29) is 5.91 Å². The van der Waals surface area contributed by atoms with E-state index < -0.39 is 0 Å². The van der Waals surface area contributed by atoms with Crippen LogP contribution < -0.4 is 20.1 Å². The lowest BCUT2D eigenvalue weighted by Crippen LogP contribution is -2.13. The Bertz CT molecular complexity index is 1280. The Hall–Kier alpha value is -3.69. The molecular weight excluding hydrogens is 450 g/mol. The normalized spacial score (nSPS) is 11.9. The van der Waals surface area contributed by atoms with Crippen LogP contribution in [0.2, 0.25) is 5.02 Å². The molecule has 0 saturated heterocycles. The number of para-hydroxylation sites is 1. The molecular formula is C22H16ClN5O3S. The lowest BCUT2D eigenvalue weighted by molar-refractivity contribution is 0.102. The van der Waals surface area contributed by atoms with Gasteiger partial charge in [-0.1, -0.05) is 41.0 Å². The van der Waals surface area contributed by atoms with Gasteiger partial charge >= 0.3 is 0 Å². The predicted octanol–water partition coefficient (Wildman–Crippen LogP) is 4.85. The highest BCUT2D eigenvalue weighted by molar-refractivity contribution is 7.17. The van der Waals surface area contributed by atoms with Crippen molar-refractivity contribution in [1.29, 1.82) is 0 Å². The van der Waals surface area contributed by atoms with E-state index in [1.54, 1.807) is 30.6 Å². The van der Waals surface area contributed by atoms with Gasteiger partial charge in [0.2, 0.25) is 5.13 Å². The SMILES string of the molecule is O=C(Nc1nnc(OCc2ccc(Cl)cc2)s1)c1ccncc1-c1cccc2c1OCN2. The van der Waals surface area contributed by atoms with Crippen LogP contribution in [0.5, 0.6) is 10.9 Å². The highest BCUT2D eigenvalue weighted by Crippen LogP contribution is 2.40. The van der Waals surface area contributed by atoms with Crippen LogP contribution in [-0.2, 0) is 6.61 Å². The summed E-state index contributed by atoms with van der Waals surface area (Å²) >= 11 is 7.04. The Labute approximate surface area is 192 Å². The third-order valence-electron chi connectivity index (χ3n) is 4.75. The molecule has 160 valence electrons. The van der Waals surface area contributed by atoms with Gasteiger partial charge in [-0.15, -0.1) is 5.10 Å². The summed E-state index contributed by atoms with van der Waals surface area (Å²) in [4.78, 5) is 17.2. The highest BCUT2D eigenvalue weighted by atomic mass is 35.5. The number of hydrogen-bond acceptors (Lipinski definition) is 8. The van der Waals surface area contributed by atoms with Crippen LogP contribution in [0.1, 0.15) is 15.9 Å². The largest absolute Gasteiger partial charge is 0.470 e. The second-order valence-corrected chi connectivity index (χ2v) is 8.19. The summed E-state index contributed by atoms with van der Waals surface area (Å²) in [7, 11) is 0. The minimum Gasteiger partial charge on any atom is -0.470 e. The van der Waals surface area contributed by atoms with Gasteiger partial charge in [-0.25, -0.2) is 0 Å². The van der Waals surface area contributed by atoms with E-state index in [2.05, 4.69) is 25.8 Å².